The number of aromatic hydroxyl groups is 1. The predicted octanol–water partition coefficient (Wildman–Crippen LogP) is -1.09. The maximum Gasteiger partial charge on any atom is 0.305 e. The zero-order chi connectivity index (χ0) is 29.9. The fourth-order valence-electron chi connectivity index (χ4n) is 3.94. The number of aliphatic hydroxyl groups excluding tert-OH is 4. The molecular formula is C26H35N7O8. The standard InChI is InChI=1S/C16H23N5O6.C10H12N2O2/c22-11-4-9(15(27)18-8-13(24)17-2-1-14(25)26)3-10(5-11)21-16-19-6-12(23)7-20-16;11-10(14)9-7(5-13)6-3-1-2-4-8(6)12-9/h3-5,12,15,18,22-23,27H,1-2,6-8H2,(H,17,24)(H,25,26)(H2,19,20,21);1-4,10,12-14H,5,11H2. The number of β-amino-alcohol motifs (C(OH)–C–C–N with tert-alkyl or cyclic N) is 1. The maximum atomic E-state index is 11.6. The zero-order valence-electron chi connectivity index (χ0n) is 22.0. The number of carboxylic acids is 1. The molecule has 15 nitrogen and oxygen atoms in total. The Bertz CT molecular complexity index is 1360. The second-order valence-corrected chi connectivity index (χ2v) is 9.11. The number of aliphatic carboxylic acids is 1. The highest BCUT2D eigenvalue weighted by Gasteiger charge is 2.16. The number of aromatic nitrogens is 1. The van der Waals surface area contributed by atoms with Crippen LogP contribution in [0.1, 0.15) is 35.7 Å². The summed E-state index contributed by atoms with van der Waals surface area (Å²) in [5.74, 6) is -1.15. The molecule has 3 atom stereocenters. The lowest BCUT2D eigenvalue weighted by molar-refractivity contribution is -0.136. The first-order valence-electron chi connectivity index (χ1n) is 12.7. The van der Waals surface area contributed by atoms with Gasteiger partial charge in [-0.25, -0.2) is 0 Å². The molecule has 0 bridgehead atoms. The number of fused-ring (bicyclic) bond motifs is 1. The molecule has 0 fully saturated rings. The lowest BCUT2D eigenvalue weighted by Gasteiger charge is -2.21. The van der Waals surface area contributed by atoms with E-state index in [-0.39, 0.29) is 38.4 Å². The van der Waals surface area contributed by atoms with Gasteiger partial charge in [0.1, 0.15) is 18.2 Å². The molecule has 0 saturated carbocycles. The van der Waals surface area contributed by atoms with Crippen molar-refractivity contribution in [3.63, 3.8) is 0 Å². The molecule has 222 valence electrons. The molecule has 1 aromatic heterocycles. The highest BCUT2D eigenvalue weighted by atomic mass is 16.4. The van der Waals surface area contributed by atoms with Crippen molar-refractivity contribution >= 4 is 34.4 Å². The highest BCUT2D eigenvalue weighted by molar-refractivity contribution is 5.94. The van der Waals surface area contributed by atoms with Gasteiger partial charge in [-0.05, 0) is 18.2 Å². The van der Waals surface area contributed by atoms with Gasteiger partial charge in [0.25, 0.3) is 0 Å². The summed E-state index contributed by atoms with van der Waals surface area (Å²) in [5, 5.41) is 68.1. The summed E-state index contributed by atoms with van der Waals surface area (Å²) in [6.07, 6.45) is -3.05. The first kappa shape index (κ1) is 31.3. The molecule has 13 N–H and O–H groups in total. The van der Waals surface area contributed by atoms with Crippen molar-refractivity contribution in [2.24, 2.45) is 10.7 Å². The quantitative estimate of drug-likeness (QED) is 0.129. The van der Waals surface area contributed by atoms with E-state index in [1.54, 1.807) is 6.07 Å². The van der Waals surface area contributed by atoms with Crippen molar-refractivity contribution in [2.45, 2.75) is 31.6 Å². The fourth-order valence-corrected chi connectivity index (χ4v) is 3.94. The lowest BCUT2D eigenvalue weighted by atomic mass is 10.1. The summed E-state index contributed by atoms with van der Waals surface area (Å²) in [4.78, 5) is 29.1. The van der Waals surface area contributed by atoms with E-state index in [2.05, 4.69) is 31.2 Å². The number of carboxylic acid groups (broad SMARTS) is 1. The van der Waals surface area contributed by atoms with Gasteiger partial charge in [0, 0.05) is 46.9 Å². The third-order valence-electron chi connectivity index (χ3n) is 5.90. The number of guanidine groups is 1. The molecule has 2 aromatic carbocycles. The molecule has 3 aromatic rings. The van der Waals surface area contributed by atoms with E-state index >= 15 is 0 Å². The molecule has 3 unspecified atom stereocenters. The van der Waals surface area contributed by atoms with Gasteiger partial charge in [0.05, 0.1) is 37.9 Å². The van der Waals surface area contributed by atoms with Crippen LogP contribution in [0.2, 0.25) is 0 Å². The number of H-pyrrole nitrogens is 1. The molecule has 0 aliphatic carbocycles. The summed E-state index contributed by atoms with van der Waals surface area (Å²) in [6.45, 7) is 0.232. The molecule has 4 rings (SSSR count). The molecule has 2 heterocycles. The minimum Gasteiger partial charge on any atom is -0.508 e. The SMILES string of the molecule is NC(O)c1[nH]c2ccccc2c1CO.O=C(O)CCNC(=O)CNC(O)c1cc(O)cc(NC2=NCC(O)CN2)c1. The molecule has 0 radical (unpaired) electrons. The summed E-state index contributed by atoms with van der Waals surface area (Å²) in [7, 11) is 0. The highest BCUT2D eigenvalue weighted by Crippen LogP contribution is 2.25. The first-order chi connectivity index (χ1) is 19.6. The number of carbonyl (C=O) groups is 2. The molecule has 1 amide bonds. The molecule has 15 heteroatoms. The van der Waals surface area contributed by atoms with Gasteiger partial charge in [0.15, 0.2) is 5.96 Å². The van der Waals surface area contributed by atoms with Crippen LogP contribution in [-0.4, -0.2) is 85.7 Å². The van der Waals surface area contributed by atoms with E-state index in [0.29, 0.717) is 35.0 Å². The van der Waals surface area contributed by atoms with Gasteiger partial charge in [0.2, 0.25) is 5.91 Å². The van der Waals surface area contributed by atoms with Crippen molar-refractivity contribution in [1.29, 1.82) is 0 Å². The van der Waals surface area contributed by atoms with E-state index in [4.69, 9.17) is 15.9 Å². The Labute approximate surface area is 234 Å². The van der Waals surface area contributed by atoms with Crippen LogP contribution in [0.5, 0.6) is 5.75 Å². The predicted molar refractivity (Wildman–Crippen MR) is 150 cm³/mol. The normalized spacial score (nSPS) is 16.0. The van der Waals surface area contributed by atoms with Gasteiger partial charge in [-0.3, -0.25) is 19.9 Å². The monoisotopic (exact) mass is 573 g/mol. The van der Waals surface area contributed by atoms with E-state index in [9.17, 15) is 30.0 Å². The number of hydrogen-bond acceptors (Lipinski definition) is 12. The van der Waals surface area contributed by atoms with E-state index in [1.165, 1.54) is 12.1 Å². The largest absolute Gasteiger partial charge is 0.508 e. The number of nitrogens with one attached hydrogen (secondary N) is 5. The number of para-hydroxylation sites is 1. The number of anilines is 1. The Hall–Kier alpha value is -4.25. The van der Waals surface area contributed by atoms with E-state index in [1.807, 2.05) is 24.3 Å². The number of aliphatic hydroxyl groups is 4. The van der Waals surface area contributed by atoms with Crippen LogP contribution in [0.3, 0.4) is 0 Å². The summed E-state index contributed by atoms with van der Waals surface area (Å²) < 4.78 is 0. The Morgan fingerprint density at radius 1 is 1.17 bits per heavy atom. The molecule has 0 saturated heterocycles. The number of amides is 1. The van der Waals surface area contributed by atoms with Crippen LogP contribution in [-0.2, 0) is 16.2 Å². The number of rotatable bonds is 10. The number of phenolic OH excluding ortho intramolecular Hbond substituents is 1. The number of benzene rings is 2. The van der Waals surface area contributed by atoms with Crippen LogP contribution in [0.15, 0.2) is 47.5 Å². The molecule has 41 heavy (non-hydrogen) atoms. The van der Waals surface area contributed by atoms with Crippen LogP contribution in [0.25, 0.3) is 10.9 Å². The summed E-state index contributed by atoms with van der Waals surface area (Å²) >= 11 is 0. The molecule has 1 aliphatic rings. The van der Waals surface area contributed by atoms with Crippen molar-refractivity contribution in [1.82, 2.24) is 20.9 Å². The Balaban J connectivity index is 0.000000275. The second-order valence-electron chi connectivity index (χ2n) is 9.11. The molecule has 1 aliphatic heterocycles. The van der Waals surface area contributed by atoms with Crippen molar-refractivity contribution < 1.29 is 40.2 Å². The van der Waals surface area contributed by atoms with Crippen LogP contribution >= 0.6 is 0 Å². The minimum absolute atomic E-state index is 0.00402. The average Bonchev–Trinajstić information content (AvgIpc) is 3.32. The van der Waals surface area contributed by atoms with Gasteiger partial charge in [-0.15, -0.1) is 0 Å². The smallest absolute Gasteiger partial charge is 0.305 e. The summed E-state index contributed by atoms with van der Waals surface area (Å²) in [5.41, 5.74) is 8.15. The average molecular weight is 574 g/mol. The molecule has 0 spiro atoms. The van der Waals surface area contributed by atoms with Crippen molar-refractivity contribution in [3.8, 4) is 5.75 Å². The van der Waals surface area contributed by atoms with E-state index < -0.39 is 30.4 Å². The van der Waals surface area contributed by atoms with Gasteiger partial charge in [-0.1, -0.05) is 18.2 Å². The fraction of sp³-hybridized carbons (Fsp3) is 0.346. The van der Waals surface area contributed by atoms with Crippen LogP contribution in [0.4, 0.5) is 5.69 Å². The third kappa shape index (κ3) is 9.42. The van der Waals surface area contributed by atoms with Gasteiger partial charge in [-0.2, -0.15) is 0 Å². The van der Waals surface area contributed by atoms with Crippen molar-refractivity contribution in [3.05, 3.63) is 59.3 Å². The summed E-state index contributed by atoms with van der Waals surface area (Å²) in [6, 6.07) is 11.8. The van der Waals surface area contributed by atoms with Crippen molar-refractivity contribution in [2.75, 3.05) is 31.5 Å². The Kier molecular flexibility index (Phi) is 11.4. The number of nitrogens with two attached hydrogens (primary N) is 1. The number of hydrogen-bond donors (Lipinski definition) is 12. The number of carbonyl (C=O) groups excluding carboxylic acids is 1. The number of nitrogens with zero attached hydrogens (tertiary/aromatic N) is 1. The zero-order valence-corrected chi connectivity index (χ0v) is 22.0. The number of aliphatic imine (C=N–C) groups is 1. The van der Waals surface area contributed by atoms with Crippen LogP contribution < -0.4 is 27.0 Å². The van der Waals surface area contributed by atoms with E-state index in [0.717, 1.165) is 10.9 Å². The van der Waals surface area contributed by atoms with Gasteiger partial charge >= 0.3 is 5.97 Å². The number of phenols is 1. The molecular weight excluding hydrogens is 538 g/mol. The maximum absolute atomic E-state index is 11.6. The van der Waals surface area contributed by atoms with Gasteiger partial charge < -0.3 is 57.3 Å². The Morgan fingerprint density at radius 2 is 1.93 bits per heavy atom. The minimum atomic E-state index is -1.23. The number of aromatic amines is 1. The lowest BCUT2D eigenvalue weighted by Crippen LogP contribution is -2.42. The third-order valence-corrected chi connectivity index (χ3v) is 5.90. The Morgan fingerprint density at radius 3 is 2.59 bits per heavy atom. The van der Waals surface area contributed by atoms with Crippen LogP contribution in [0, 0.1) is 0 Å². The second kappa shape index (κ2) is 14.9. The topological polar surface area (TPSA) is 258 Å². The first-order valence-corrected chi connectivity index (χ1v) is 12.7.